The van der Waals surface area contributed by atoms with E-state index in [0.29, 0.717) is 36.2 Å². The summed E-state index contributed by atoms with van der Waals surface area (Å²) in [6.07, 6.45) is 0. The van der Waals surface area contributed by atoms with Crippen molar-refractivity contribution < 1.29 is 8.42 Å². The van der Waals surface area contributed by atoms with Crippen LogP contribution in [0.5, 0.6) is 0 Å². The first-order valence-electron chi connectivity index (χ1n) is 8.64. The molecular weight excluding hydrogens is 366 g/mol. The first kappa shape index (κ1) is 18.8. The molecule has 1 N–H and O–H groups in total. The van der Waals surface area contributed by atoms with Gasteiger partial charge < -0.3 is 10.2 Å². The number of nitrogens with one attached hydrogen (secondary N) is 1. The third-order valence-corrected chi connectivity index (χ3v) is 6.84. The molecule has 0 spiro atoms. The molecule has 5 nitrogen and oxygen atoms in total. The van der Waals surface area contributed by atoms with Crippen LogP contribution in [0, 0.1) is 0 Å². The van der Waals surface area contributed by atoms with Crippen molar-refractivity contribution in [3.05, 3.63) is 66.2 Å². The molecule has 0 bridgehead atoms. The van der Waals surface area contributed by atoms with Gasteiger partial charge in [-0.2, -0.15) is 4.31 Å². The summed E-state index contributed by atoms with van der Waals surface area (Å²) in [5.74, 6) is 0. The van der Waals surface area contributed by atoms with E-state index in [-0.39, 0.29) is 6.04 Å². The first-order valence-corrected chi connectivity index (χ1v) is 10.5. The monoisotopic (exact) mass is 389 g/mol. The minimum atomic E-state index is -3.43. The van der Waals surface area contributed by atoms with Crippen LogP contribution in [0.15, 0.2) is 65.6 Å². The minimum absolute atomic E-state index is 0.106. The third kappa shape index (κ3) is 4.23. The smallest absolute Gasteiger partial charge is 0.243 e. The fraction of sp³-hybridized carbons (Fsp3) is 0.316. The topological polar surface area (TPSA) is 52.6 Å². The Hall–Kier alpha value is -1.96. The zero-order chi connectivity index (χ0) is 18.6. The quantitative estimate of drug-likeness (QED) is 0.815. The van der Waals surface area contributed by atoms with Gasteiger partial charge in [0.15, 0.2) is 5.11 Å². The summed E-state index contributed by atoms with van der Waals surface area (Å²) >= 11 is 5.52. The summed E-state index contributed by atoms with van der Waals surface area (Å²) in [5, 5.41) is 4.01. The molecule has 1 heterocycles. The van der Waals surface area contributed by atoms with Crippen molar-refractivity contribution in [2.45, 2.75) is 17.9 Å². The average Bonchev–Trinajstić information content (AvgIpc) is 2.69. The second-order valence-electron chi connectivity index (χ2n) is 6.29. The standard InChI is InChI=1S/C19H23N3O2S2/c1-16(17-8-4-2-5-9-17)20-19(25)21-12-14-22(15-13-21)26(23,24)18-10-6-3-7-11-18/h2-11,16H,12-15H2,1H3,(H,20,25). The molecule has 1 fully saturated rings. The number of piperazine rings is 1. The molecule has 138 valence electrons. The number of sulfonamides is 1. The van der Waals surface area contributed by atoms with Gasteiger partial charge in [0.1, 0.15) is 0 Å². The molecule has 0 saturated carbocycles. The van der Waals surface area contributed by atoms with Crippen molar-refractivity contribution in [2.24, 2.45) is 0 Å². The van der Waals surface area contributed by atoms with Crippen molar-refractivity contribution >= 4 is 27.4 Å². The van der Waals surface area contributed by atoms with E-state index in [1.807, 2.05) is 29.2 Å². The molecule has 1 aliphatic rings. The molecule has 1 aliphatic heterocycles. The van der Waals surface area contributed by atoms with E-state index in [9.17, 15) is 8.42 Å². The van der Waals surface area contributed by atoms with E-state index in [0.717, 1.165) is 0 Å². The molecule has 1 unspecified atom stereocenters. The molecule has 0 amide bonds. The number of benzene rings is 2. The van der Waals surface area contributed by atoms with Gasteiger partial charge >= 0.3 is 0 Å². The van der Waals surface area contributed by atoms with Crippen LogP contribution >= 0.6 is 12.2 Å². The van der Waals surface area contributed by atoms with Crippen LogP contribution in [0.3, 0.4) is 0 Å². The maximum atomic E-state index is 12.7. The molecule has 2 aromatic rings. The van der Waals surface area contributed by atoms with E-state index >= 15 is 0 Å². The molecule has 0 aromatic heterocycles. The SMILES string of the molecule is CC(NC(=S)N1CCN(S(=O)(=O)c2ccccc2)CC1)c1ccccc1. The van der Waals surface area contributed by atoms with Crippen LogP contribution in [0.1, 0.15) is 18.5 Å². The normalized spacial score (nSPS) is 16.9. The summed E-state index contributed by atoms with van der Waals surface area (Å²) < 4.78 is 26.9. The lowest BCUT2D eigenvalue weighted by Crippen LogP contribution is -2.53. The van der Waals surface area contributed by atoms with Gasteiger partial charge in [0.05, 0.1) is 10.9 Å². The summed E-state index contributed by atoms with van der Waals surface area (Å²) in [4.78, 5) is 2.37. The molecule has 1 saturated heterocycles. The Labute approximate surface area is 160 Å². The molecule has 3 rings (SSSR count). The van der Waals surface area contributed by atoms with Gasteiger partial charge in [0, 0.05) is 26.2 Å². The second-order valence-corrected chi connectivity index (χ2v) is 8.61. The lowest BCUT2D eigenvalue weighted by Gasteiger charge is -2.36. The van der Waals surface area contributed by atoms with Crippen molar-refractivity contribution in [1.82, 2.24) is 14.5 Å². The first-order chi connectivity index (χ1) is 12.5. The van der Waals surface area contributed by atoms with E-state index in [1.54, 1.807) is 24.3 Å². The maximum absolute atomic E-state index is 12.7. The maximum Gasteiger partial charge on any atom is 0.243 e. The highest BCUT2D eigenvalue weighted by atomic mass is 32.2. The van der Waals surface area contributed by atoms with Gasteiger partial charge in [0.2, 0.25) is 10.0 Å². The zero-order valence-corrected chi connectivity index (χ0v) is 16.3. The van der Waals surface area contributed by atoms with Gasteiger partial charge in [-0.25, -0.2) is 8.42 Å². The van der Waals surface area contributed by atoms with Crippen LogP contribution in [0.25, 0.3) is 0 Å². The van der Waals surface area contributed by atoms with E-state index < -0.39 is 10.0 Å². The number of thiocarbonyl (C=S) groups is 1. The third-order valence-electron chi connectivity index (χ3n) is 4.55. The molecule has 0 radical (unpaired) electrons. The van der Waals surface area contributed by atoms with E-state index in [2.05, 4.69) is 24.4 Å². The fourth-order valence-electron chi connectivity index (χ4n) is 2.97. The van der Waals surface area contributed by atoms with Crippen LogP contribution in [0.2, 0.25) is 0 Å². The van der Waals surface area contributed by atoms with Crippen LogP contribution in [-0.4, -0.2) is 48.9 Å². The number of rotatable bonds is 4. The van der Waals surface area contributed by atoms with Crippen molar-refractivity contribution in [3.8, 4) is 0 Å². The largest absolute Gasteiger partial charge is 0.356 e. The molecule has 2 aromatic carbocycles. The summed E-state index contributed by atoms with van der Waals surface area (Å²) in [6.45, 7) is 4.09. The molecule has 1 atom stereocenters. The Balaban J connectivity index is 1.57. The lowest BCUT2D eigenvalue weighted by atomic mass is 10.1. The van der Waals surface area contributed by atoms with Gasteiger partial charge in [-0.3, -0.25) is 0 Å². The van der Waals surface area contributed by atoms with Crippen molar-refractivity contribution in [3.63, 3.8) is 0 Å². The van der Waals surface area contributed by atoms with E-state index in [4.69, 9.17) is 12.2 Å². The van der Waals surface area contributed by atoms with Crippen LogP contribution < -0.4 is 5.32 Å². The highest BCUT2D eigenvalue weighted by molar-refractivity contribution is 7.89. The summed E-state index contributed by atoms with van der Waals surface area (Å²) in [7, 11) is -3.43. The number of nitrogens with zero attached hydrogens (tertiary/aromatic N) is 2. The molecule has 26 heavy (non-hydrogen) atoms. The van der Waals surface area contributed by atoms with Gasteiger partial charge in [-0.1, -0.05) is 48.5 Å². The van der Waals surface area contributed by atoms with Crippen LogP contribution in [0.4, 0.5) is 0 Å². The number of hydrogen-bond donors (Lipinski definition) is 1. The number of hydrogen-bond acceptors (Lipinski definition) is 3. The van der Waals surface area contributed by atoms with Gasteiger partial charge in [-0.15, -0.1) is 0 Å². The van der Waals surface area contributed by atoms with Gasteiger partial charge in [-0.05, 0) is 36.8 Å². The Bertz CT molecular complexity index is 834. The average molecular weight is 390 g/mol. The van der Waals surface area contributed by atoms with Gasteiger partial charge in [0.25, 0.3) is 0 Å². The Morgan fingerprint density at radius 3 is 2.08 bits per heavy atom. The fourth-order valence-corrected chi connectivity index (χ4v) is 4.78. The lowest BCUT2D eigenvalue weighted by molar-refractivity contribution is 0.262. The van der Waals surface area contributed by atoms with Crippen molar-refractivity contribution in [1.29, 1.82) is 0 Å². The zero-order valence-electron chi connectivity index (χ0n) is 14.7. The highest BCUT2D eigenvalue weighted by Crippen LogP contribution is 2.18. The van der Waals surface area contributed by atoms with Crippen LogP contribution in [-0.2, 0) is 10.0 Å². The minimum Gasteiger partial charge on any atom is -0.356 e. The van der Waals surface area contributed by atoms with E-state index in [1.165, 1.54) is 9.87 Å². The Morgan fingerprint density at radius 2 is 1.50 bits per heavy atom. The highest BCUT2D eigenvalue weighted by Gasteiger charge is 2.29. The Kier molecular flexibility index (Phi) is 5.90. The Morgan fingerprint density at radius 1 is 0.962 bits per heavy atom. The molecule has 7 heteroatoms. The van der Waals surface area contributed by atoms with Crippen molar-refractivity contribution in [2.75, 3.05) is 26.2 Å². The molecule has 0 aliphatic carbocycles. The predicted molar refractivity (Wildman–Crippen MR) is 107 cm³/mol. The second kappa shape index (κ2) is 8.16. The summed E-state index contributed by atoms with van der Waals surface area (Å²) in [6, 6.07) is 18.8. The predicted octanol–water partition coefficient (Wildman–Crippen LogP) is 2.63. The molecular formula is C19H23N3O2S2. The summed E-state index contributed by atoms with van der Waals surface area (Å²) in [5.41, 5.74) is 1.17.